The first kappa shape index (κ1) is 17.2. The lowest BCUT2D eigenvalue weighted by Crippen LogP contribution is -2.36. The van der Waals surface area contributed by atoms with Crippen LogP contribution >= 0.6 is 0 Å². The zero-order valence-electron chi connectivity index (χ0n) is 16.0. The minimum Gasteiger partial charge on any atom is -0.355 e. The van der Waals surface area contributed by atoms with Crippen molar-refractivity contribution in [1.82, 2.24) is 4.98 Å². The Balaban J connectivity index is 1.37. The fourth-order valence-electron chi connectivity index (χ4n) is 4.89. The van der Waals surface area contributed by atoms with Gasteiger partial charge in [-0.1, -0.05) is 18.2 Å². The number of pyridine rings is 1. The summed E-state index contributed by atoms with van der Waals surface area (Å²) in [5.41, 5.74) is 5.35. The third-order valence-corrected chi connectivity index (χ3v) is 6.39. The van der Waals surface area contributed by atoms with Crippen molar-refractivity contribution in [3.8, 4) is 6.07 Å². The number of rotatable bonds is 2. The Morgan fingerprint density at radius 2 is 1.96 bits per heavy atom. The van der Waals surface area contributed by atoms with Crippen LogP contribution in [0.25, 0.3) is 0 Å². The zero-order valence-corrected chi connectivity index (χ0v) is 16.0. The van der Waals surface area contributed by atoms with Gasteiger partial charge in [-0.25, -0.2) is 4.98 Å². The highest BCUT2D eigenvalue weighted by Gasteiger charge is 2.35. The van der Waals surface area contributed by atoms with Gasteiger partial charge in [-0.05, 0) is 61.8 Å². The number of aromatic nitrogens is 1. The van der Waals surface area contributed by atoms with Crippen LogP contribution in [0, 0.1) is 17.2 Å². The van der Waals surface area contributed by atoms with Gasteiger partial charge < -0.3 is 9.80 Å². The maximum Gasteiger partial charge on any atom is 0.231 e. The number of benzene rings is 1. The van der Waals surface area contributed by atoms with E-state index in [1.165, 1.54) is 24.0 Å². The first-order valence-electron chi connectivity index (χ1n) is 10.3. The molecule has 1 aromatic carbocycles. The van der Waals surface area contributed by atoms with E-state index in [0.29, 0.717) is 12.1 Å². The number of carbonyl (C=O) groups is 1. The number of amides is 1. The lowest BCUT2D eigenvalue weighted by Gasteiger charge is -2.24. The van der Waals surface area contributed by atoms with Crippen molar-refractivity contribution in [3.05, 3.63) is 52.7 Å². The Morgan fingerprint density at radius 3 is 2.86 bits per heavy atom. The van der Waals surface area contributed by atoms with Gasteiger partial charge in [0.25, 0.3) is 0 Å². The molecule has 0 bridgehead atoms. The molecule has 2 aliphatic heterocycles. The van der Waals surface area contributed by atoms with Crippen LogP contribution < -0.4 is 9.80 Å². The Hall–Kier alpha value is -2.87. The summed E-state index contributed by atoms with van der Waals surface area (Å²) in [5, 5.41) is 9.65. The summed E-state index contributed by atoms with van der Waals surface area (Å²) in [5.74, 6) is 0.958. The van der Waals surface area contributed by atoms with Crippen LogP contribution in [0.4, 0.5) is 11.5 Å². The highest BCUT2D eigenvalue weighted by molar-refractivity contribution is 5.97. The molecule has 3 aliphatic rings. The molecule has 142 valence electrons. The number of hydrogen-bond acceptors (Lipinski definition) is 4. The van der Waals surface area contributed by atoms with Crippen molar-refractivity contribution in [2.45, 2.75) is 38.5 Å². The first-order chi connectivity index (χ1) is 13.7. The highest BCUT2D eigenvalue weighted by atomic mass is 16.2. The van der Waals surface area contributed by atoms with Crippen molar-refractivity contribution in [1.29, 1.82) is 5.26 Å². The molecular weight excluding hydrogens is 348 g/mol. The second-order valence-electron chi connectivity index (χ2n) is 8.08. The minimum absolute atomic E-state index is 0.0319. The number of hydrogen-bond donors (Lipinski definition) is 0. The molecule has 28 heavy (non-hydrogen) atoms. The quantitative estimate of drug-likeness (QED) is 0.812. The van der Waals surface area contributed by atoms with E-state index < -0.39 is 0 Å². The molecule has 5 heteroatoms. The average molecular weight is 372 g/mol. The molecule has 1 saturated heterocycles. The second kappa shape index (κ2) is 6.94. The lowest BCUT2D eigenvalue weighted by atomic mass is 9.95. The molecule has 1 atom stereocenters. The predicted molar refractivity (Wildman–Crippen MR) is 108 cm³/mol. The highest BCUT2D eigenvalue weighted by Crippen LogP contribution is 2.33. The van der Waals surface area contributed by atoms with E-state index >= 15 is 0 Å². The second-order valence-corrected chi connectivity index (χ2v) is 8.08. The lowest BCUT2D eigenvalue weighted by molar-refractivity contribution is -0.121. The molecule has 5 nitrogen and oxygen atoms in total. The summed E-state index contributed by atoms with van der Waals surface area (Å²) in [6, 6.07) is 12.6. The van der Waals surface area contributed by atoms with Crippen LogP contribution in [0.15, 0.2) is 30.3 Å². The van der Waals surface area contributed by atoms with Crippen molar-refractivity contribution in [2.24, 2.45) is 5.92 Å². The molecule has 0 N–H and O–H groups in total. The van der Waals surface area contributed by atoms with Gasteiger partial charge in [0.05, 0.1) is 11.5 Å². The molecular formula is C23H24N4O. The van der Waals surface area contributed by atoms with Crippen LogP contribution in [-0.4, -0.2) is 30.5 Å². The fraction of sp³-hybridized carbons (Fsp3) is 0.435. The van der Waals surface area contributed by atoms with Gasteiger partial charge in [-0.2, -0.15) is 5.26 Å². The van der Waals surface area contributed by atoms with Crippen LogP contribution in [0.5, 0.6) is 0 Å². The predicted octanol–water partition coefficient (Wildman–Crippen LogP) is 3.25. The van der Waals surface area contributed by atoms with E-state index in [4.69, 9.17) is 4.98 Å². The average Bonchev–Trinajstić information content (AvgIpc) is 3.40. The van der Waals surface area contributed by atoms with E-state index in [0.717, 1.165) is 56.0 Å². The SMILES string of the molecule is N#Cc1cc2c(nc1N1CCC(C(=O)N3CCc4ccccc43)C1)CCCC2. The van der Waals surface area contributed by atoms with Crippen molar-refractivity contribution >= 4 is 17.4 Å². The summed E-state index contributed by atoms with van der Waals surface area (Å²) < 4.78 is 0. The van der Waals surface area contributed by atoms with Gasteiger partial charge >= 0.3 is 0 Å². The molecule has 0 spiro atoms. The van der Waals surface area contributed by atoms with Crippen molar-refractivity contribution < 1.29 is 4.79 Å². The molecule has 3 heterocycles. The third-order valence-electron chi connectivity index (χ3n) is 6.39. The van der Waals surface area contributed by atoms with Gasteiger partial charge in [-0.15, -0.1) is 0 Å². The van der Waals surface area contributed by atoms with Gasteiger partial charge in [0.2, 0.25) is 5.91 Å². The van der Waals surface area contributed by atoms with E-state index in [9.17, 15) is 10.1 Å². The summed E-state index contributed by atoms with van der Waals surface area (Å²) >= 11 is 0. The van der Waals surface area contributed by atoms with Crippen LogP contribution in [0.3, 0.4) is 0 Å². The van der Waals surface area contributed by atoms with Crippen molar-refractivity contribution in [2.75, 3.05) is 29.4 Å². The van der Waals surface area contributed by atoms with Gasteiger partial charge in [-0.3, -0.25) is 4.79 Å². The third kappa shape index (κ3) is 2.84. The number of carbonyl (C=O) groups excluding carboxylic acids is 1. The standard InChI is InChI=1S/C23H24N4O/c24-14-19-13-17-6-1-3-7-20(17)25-22(19)26-11-9-18(15-26)23(28)27-12-10-16-5-2-4-8-21(16)27/h2,4-5,8,13,18H,1,3,6-7,9-12,15H2. The maximum absolute atomic E-state index is 13.2. The monoisotopic (exact) mass is 372 g/mol. The topological polar surface area (TPSA) is 60.2 Å². The number of nitrogens with zero attached hydrogens (tertiary/aromatic N) is 4. The Morgan fingerprint density at radius 1 is 1.11 bits per heavy atom. The summed E-state index contributed by atoms with van der Waals surface area (Å²) in [7, 11) is 0. The largest absolute Gasteiger partial charge is 0.355 e. The number of anilines is 2. The Labute approximate surface area is 165 Å². The first-order valence-corrected chi connectivity index (χ1v) is 10.3. The molecule has 5 rings (SSSR count). The minimum atomic E-state index is -0.0319. The van der Waals surface area contributed by atoms with Gasteiger partial charge in [0.15, 0.2) is 0 Å². The molecule has 1 aliphatic carbocycles. The molecule has 2 aromatic rings. The number of para-hydroxylation sites is 1. The summed E-state index contributed by atoms with van der Waals surface area (Å²) in [6.45, 7) is 2.21. The molecule has 1 unspecified atom stereocenters. The normalized spacial score (nSPS) is 20.6. The zero-order chi connectivity index (χ0) is 19.1. The Bertz CT molecular complexity index is 977. The summed E-state index contributed by atoms with van der Waals surface area (Å²) in [6.07, 6.45) is 6.11. The van der Waals surface area contributed by atoms with E-state index in [2.05, 4.69) is 17.0 Å². The molecule has 0 saturated carbocycles. The molecule has 0 radical (unpaired) electrons. The van der Waals surface area contributed by atoms with E-state index in [-0.39, 0.29) is 11.8 Å². The van der Waals surface area contributed by atoms with Crippen molar-refractivity contribution in [3.63, 3.8) is 0 Å². The number of fused-ring (bicyclic) bond motifs is 2. The Kier molecular flexibility index (Phi) is 4.27. The number of nitriles is 1. The van der Waals surface area contributed by atoms with Gasteiger partial charge in [0, 0.05) is 31.0 Å². The van der Waals surface area contributed by atoms with E-state index in [1.807, 2.05) is 29.2 Å². The number of aryl methyl sites for hydroxylation is 2. The molecule has 1 fully saturated rings. The fourth-order valence-corrected chi connectivity index (χ4v) is 4.89. The van der Waals surface area contributed by atoms with Crippen LogP contribution in [0.2, 0.25) is 0 Å². The molecule has 1 aromatic heterocycles. The van der Waals surface area contributed by atoms with Crippen LogP contribution in [-0.2, 0) is 24.1 Å². The maximum atomic E-state index is 13.2. The van der Waals surface area contributed by atoms with Crippen LogP contribution in [0.1, 0.15) is 41.6 Å². The van der Waals surface area contributed by atoms with Gasteiger partial charge in [0.1, 0.15) is 11.9 Å². The molecule has 1 amide bonds. The smallest absolute Gasteiger partial charge is 0.231 e. The van der Waals surface area contributed by atoms with E-state index in [1.54, 1.807) is 0 Å². The summed E-state index contributed by atoms with van der Waals surface area (Å²) in [4.78, 5) is 22.2.